The molecule has 0 amide bonds. The second-order valence-electron chi connectivity index (χ2n) is 10.4. The Hall–Kier alpha value is -0.160. The van der Waals surface area contributed by atoms with Crippen LogP contribution in [0.2, 0.25) is 0 Å². The number of nitrogens with zero attached hydrogens (tertiary/aromatic N) is 4. The van der Waals surface area contributed by atoms with Crippen LogP contribution in [-0.4, -0.2) is 97.1 Å². The van der Waals surface area contributed by atoms with Crippen LogP contribution < -0.4 is 0 Å². The molecule has 4 aliphatic rings. The predicted molar refractivity (Wildman–Crippen MR) is 123 cm³/mol. The molecule has 0 N–H and O–H groups in total. The molecule has 2 spiro atoms. The Morgan fingerprint density at radius 2 is 1.21 bits per heavy atom. The van der Waals surface area contributed by atoms with E-state index in [-0.39, 0.29) is 0 Å². The largest absolute Gasteiger partial charge is 0.306 e. The third-order valence-corrected chi connectivity index (χ3v) is 7.86. The van der Waals surface area contributed by atoms with Crippen molar-refractivity contribution in [3.05, 3.63) is 0 Å². The molecule has 4 fully saturated rings. The van der Waals surface area contributed by atoms with E-state index >= 15 is 0 Å². The van der Waals surface area contributed by atoms with Gasteiger partial charge in [0.05, 0.1) is 0 Å². The number of hydrogen-bond donors (Lipinski definition) is 0. The van der Waals surface area contributed by atoms with Crippen molar-refractivity contribution in [2.45, 2.75) is 91.3 Å². The second kappa shape index (κ2) is 10.2. The standard InChI is InChI=1S/C12H24N2.C10H20N2.C2H6/c1-11(2)14-8-6-12(10-14)5-4-7-13(3)9-12;1-9(2)12-7-5-10(8-12)4-6-11(10)3;1-2/h11H,4-10H2,1-3H3;9H,4-8H2,1-3H3;1-2H3. The highest BCUT2D eigenvalue weighted by molar-refractivity contribution is 5.05. The summed E-state index contributed by atoms with van der Waals surface area (Å²) in [5.74, 6) is 0. The maximum atomic E-state index is 2.65. The summed E-state index contributed by atoms with van der Waals surface area (Å²) in [5, 5.41) is 0. The van der Waals surface area contributed by atoms with E-state index in [9.17, 15) is 0 Å². The van der Waals surface area contributed by atoms with Crippen LogP contribution in [0.3, 0.4) is 0 Å². The van der Waals surface area contributed by atoms with Crippen molar-refractivity contribution in [2.75, 3.05) is 59.9 Å². The zero-order chi connectivity index (χ0) is 20.9. The molecule has 0 bridgehead atoms. The first kappa shape index (κ1) is 24.1. The minimum atomic E-state index is 0.588. The van der Waals surface area contributed by atoms with E-state index in [0.717, 1.165) is 12.1 Å². The van der Waals surface area contributed by atoms with Crippen molar-refractivity contribution in [2.24, 2.45) is 5.41 Å². The lowest BCUT2D eigenvalue weighted by atomic mass is 9.79. The first-order valence-corrected chi connectivity index (χ1v) is 12.1. The fraction of sp³-hybridized carbons (Fsp3) is 1.00. The molecule has 2 atom stereocenters. The van der Waals surface area contributed by atoms with Gasteiger partial charge in [-0.2, -0.15) is 0 Å². The maximum absolute atomic E-state index is 2.65. The van der Waals surface area contributed by atoms with Crippen LogP contribution in [0, 0.1) is 5.41 Å². The van der Waals surface area contributed by atoms with Crippen molar-refractivity contribution in [3.63, 3.8) is 0 Å². The van der Waals surface area contributed by atoms with Crippen molar-refractivity contribution in [3.8, 4) is 0 Å². The molecule has 0 aliphatic carbocycles. The highest BCUT2D eigenvalue weighted by atomic mass is 15.3. The first-order valence-electron chi connectivity index (χ1n) is 12.1. The second-order valence-corrected chi connectivity index (χ2v) is 10.4. The van der Waals surface area contributed by atoms with Gasteiger partial charge in [0.15, 0.2) is 0 Å². The van der Waals surface area contributed by atoms with Gasteiger partial charge < -0.3 is 9.80 Å². The summed E-state index contributed by atoms with van der Waals surface area (Å²) in [6.07, 6.45) is 7.10. The Bertz CT molecular complexity index is 466. The zero-order valence-corrected chi connectivity index (χ0v) is 20.4. The van der Waals surface area contributed by atoms with Crippen LogP contribution in [0.15, 0.2) is 0 Å². The molecular formula is C24H50N4. The molecule has 4 rings (SSSR count). The average Bonchev–Trinajstić information content (AvgIpc) is 3.29. The van der Waals surface area contributed by atoms with Gasteiger partial charge in [-0.15, -0.1) is 0 Å². The number of likely N-dealkylation sites (tertiary alicyclic amines) is 4. The average molecular weight is 395 g/mol. The van der Waals surface area contributed by atoms with E-state index in [1.165, 1.54) is 77.9 Å². The van der Waals surface area contributed by atoms with Crippen molar-refractivity contribution in [1.82, 2.24) is 19.6 Å². The molecule has 4 heteroatoms. The first-order chi connectivity index (χ1) is 13.3. The van der Waals surface area contributed by atoms with Gasteiger partial charge in [0.2, 0.25) is 0 Å². The van der Waals surface area contributed by atoms with Crippen LogP contribution in [-0.2, 0) is 0 Å². The Morgan fingerprint density at radius 1 is 0.643 bits per heavy atom. The van der Waals surface area contributed by atoms with E-state index in [1.807, 2.05) is 13.8 Å². The number of rotatable bonds is 2. The summed E-state index contributed by atoms with van der Waals surface area (Å²) >= 11 is 0. The van der Waals surface area contributed by atoms with E-state index in [0.29, 0.717) is 11.0 Å². The van der Waals surface area contributed by atoms with Crippen LogP contribution in [0.1, 0.15) is 73.6 Å². The SMILES string of the molecule is CC.CC(C)N1CCC2(CCCN(C)C2)C1.CC(C)N1CCC2(CCN2C)C1. The van der Waals surface area contributed by atoms with Crippen LogP contribution in [0.5, 0.6) is 0 Å². The number of likely N-dealkylation sites (N-methyl/N-ethyl adjacent to an activating group) is 1. The highest BCUT2D eigenvalue weighted by Gasteiger charge is 2.47. The normalized spacial score (nSPS) is 34.5. The minimum absolute atomic E-state index is 0.588. The van der Waals surface area contributed by atoms with Gasteiger partial charge in [-0.1, -0.05) is 13.8 Å². The molecule has 4 nitrogen and oxygen atoms in total. The maximum Gasteiger partial charge on any atom is 0.0357 e. The van der Waals surface area contributed by atoms with Gasteiger partial charge in [0, 0.05) is 50.3 Å². The monoisotopic (exact) mass is 394 g/mol. The number of hydrogen-bond acceptors (Lipinski definition) is 4. The van der Waals surface area contributed by atoms with Crippen molar-refractivity contribution < 1.29 is 0 Å². The van der Waals surface area contributed by atoms with Crippen molar-refractivity contribution >= 4 is 0 Å². The minimum Gasteiger partial charge on any atom is -0.306 e. The Labute approximate surface area is 176 Å². The third kappa shape index (κ3) is 5.50. The van der Waals surface area contributed by atoms with Gasteiger partial charge in [-0.05, 0) is 92.4 Å². The van der Waals surface area contributed by atoms with Crippen LogP contribution in [0.25, 0.3) is 0 Å². The Balaban J connectivity index is 0.000000186. The summed E-state index contributed by atoms with van der Waals surface area (Å²) in [6, 6.07) is 1.47. The molecule has 4 saturated heterocycles. The number of piperidine rings is 1. The van der Waals surface area contributed by atoms with E-state index in [2.05, 4.69) is 61.4 Å². The third-order valence-electron chi connectivity index (χ3n) is 7.86. The van der Waals surface area contributed by atoms with Crippen molar-refractivity contribution in [1.29, 1.82) is 0 Å². The lowest BCUT2D eigenvalue weighted by molar-refractivity contribution is 0.0170. The molecule has 2 unspecified atom stereocenters. The van der Waals surface area contributed by atoms with Gasteiger partial charge >= 0.3 is 0 Å². The molecule has 0 saturated carbocycles. The van der Waals surface area contributed by atoms with Gasteiger partial charge in [0.1, 0.15) is 0 Å². The zero-order valence-electron chi connectivity index (χ0n) is 20.4. The summed E-state index contributed by atoms with van der Waals surface area (Å²) < 4.78 is 0. The van der Waals surface area contributed by atoms with Crippen LogP contribution >= 0.6 is 0 Å². The summed E-state index contributed by atoms with van der Waals surface area (Å²) in [4.78, 5) is 10.3. The molecule has 0 aromatic rings. The highest BCUT2D eigenvalue weighted by Crippen LogP contribution is 2.39. The van der Waals surface area contributed by atoms with Crippen LogP contribution in [0.4, 0.5) is 0 Å². The Kier molecular flexibility index (Phi) is 8.82. The molecule has 0 aromatic carbocycles. The molecule has 4 aliphatic heterocycles. The molecular weight excluding hydrogens is 344 g/mol. The molecule has 0 radical (unpaired) electrons. The van der Waals surface area contributed by atoms with E-state index in [4.69, 9.17) is 0 Å². The molecule has 0 aromatic heterocycles. The topological polar surface area (TPSA) is 13.0 Å². The summed E-state index contributed by atoms with van der Waals surface area (Å²) in [7, 11) is 4.55. The predicted octanol–water partition coefficient (Wildman–Crippen LogP) is 4.01. The van der Waals surface area contributed by atoms with Gasteiger partial charge in [-0.3, -0.25) is 9.80 Å². The van der Waals surface area contributed by atoms with E-state index < -0.39 is 0 Å². The fourth-order valence-electron chi connectivity index (χ4n) is 5.69. The molecule has 28 heavy (non-hydrogen) atoms. The molecule has 4 heterocycles. The van der Waals surface area contributed by atoms with Gasteiger partial charge in [-0.25, -0.2) is 0 Å². The summed E-state index contributed by atoms with van der Waals surface area (Å²) in [6.45, 7) is 22.5. The Morgan fingerprint density at radius 3 is 1.61 bits per heavy atom. The quantitative estimate of drug-likeness (QED) is 0.701. The van der Waals surface area contributed by atoms with E-state index in [1.54, 1.807) is 0 Å². The lowest BCUT2D eigenvalue weighted by Gasteiger charge is -2.49. The lowest BCUT2D eigenvalue weighted by Crippen LogP contribution is -2.59. The summed E-state index contributed by atoms with van der Waals surface area (Å²) in [5.41, 5.74) is 1.24. The fourth-order valence-corrected chi connectivity index (χ4v) is 5.69. The van der Waals surface area contributed by atoms with Gasteiger partial charge in [0.25, 0.3) is 0 Å². The smallest absolute Gasteiger partial charge is 0.0357 e. The molecule has 166 valence electrons.